The first-order chi connectivity index (χ1) is 8.54. The van der Waals surface area contributed by atoms with Crippen LogP contribution >= 0.6 is 0 Å². The summed E-state index contributed by atoms with van der Waals surface area (Å²) in [6.45, 7) is 9.52. The van der Waals surface area contributed by atoms with Gasteiger partial charge in [0.15, 0.2) is 0 Å². The molecular weight excluding hydrogens is 222 g/mol. The van der Waals surface area contributed by atoms with Gasteiger partial charge in [0.2, 0.25) is 0 Å². The monoisotopic (exact) mass is 245 g/mol. The number of H-pyrrole nitrogens is 1. The summed E-state index contributed by atoms with van der Waals surface area (Å²) in [4.78, 5) is 8.72. The maximum absolute atomic E-state index is 5.03. The van der Waals surface area contributed by atoms with Crippen LogP contribution in [0.4, 0.5) is 0 Å². The molecule has 1 saturated carbocycles. The molecule has 3 atom stereocenters. The van der Waals surface area contributed by atoms with Crippen LogP contribution < -0.4 is 5.32 Å². The summed E-state index contributed by atoms with van der Waals surface area (Å²) >= 11 is 0. The maximum atomic E-state index is 5.03. The van der Waals surface area contributed by atoms with Crippen molar-refractivity contribution in [3.63, 3.8) is 0 Å². The Balaban J connectivity index is 1.79. The van der Waals surface area contributed by atoms with Crippen LogP contribution in [0.2, 0.25) is 0 Å². The van der Waals surface area contributed by atoms with Crippen molar-refractivity contribution in [2.75, 3.05) is 13.1 Å². The predicted octanol–water partition coefficient (Wildman–Crippen LogP) is 2.66. The summed E-state index contributed by atoms with van der Waals surface area (Å²) in [7, 11) is 0. The van der Waals surface area contributed by atoms with Crippen LogP contribution in [0.5, 0.6) is 0 Å². The highest BCUT2D eigenvalue weighted by Crippen LogP contribution is 2.67. The van der Waals surface area contributed by atoms with Crippen LogP contribution in [0.15, 0.2) is 0 Å². The summed E-state index contributed by atoms with van der Waals surface area (Å²) in [6.07, 6.45) is 3.88. The van der Waals surface area contributed by atoms with Gasteiger partial charge in [0.25, 0.3) is 0 Å². The molecule has 0 aromatic carbocycles. The molecule has 98 valence electrons. The summed E-state index contributed by atoms with van der Waals surface area (Å²) in [5.74, 6) is 2.56. The van der Waals surface area contributed by atoms with E-state index in [4.69, 9.17) is 4.98 Å². The van der Waals surface area contributed by atoms with E-state index in [1.807, 2.05) is 0 Å². The lowest BCUT2D eigenvalue weighted by molar-refractivity contribution is 0.225. The molecule has 2 fully saturated rings. The average molecular weight is 245 g/mol. The molecule has 2 aliphatic carbocycles. The number of rotatable bonds is 1. The molecule has 0 amide bonds. The first-order valence-electron chi connectivity index (χ1n) is 7.35. The van der Waals surface area contributed by atoms with Crippen LogP contribution in [0.1, 0.15) is 69.1 Å². The topological polar surface area (TPSA) is 40.7 Å². The lowest BCUT2D eigenvalue weighted by Crippen LogP contribution is -2.32. The Labute approximate surface area is 109 Å². The molecule has 1 aromatic heterocycles. The van der Waals surface area contributed by atoms with E-state index >= 15 is 0 Å². The molecule has 0 radical (unpaired) electrons. The second-order valence-electron chi connectivity index (χ2n) is 7.22. The van der Waals surface area contributed by atoms with E-state index in [0.717, 1.165) is 13.1 Å². The molecule has 1 saturated heterocycles. The number of imidazole rings is 1. The SMILES string of the molecule is CC12CCC(c3[nH]c(C4CCNC4)nc31)C2(C)C. The van der Waals surface area contributed by atoms with Crippen LogP contribution in [0.3, 0.4) is 0 Å². The summed E-state index contributed by atoms with van der Waals surface area (Å²) in [5, 5.41) is 3.44. The minimum Gasteiger partial charge on any atom is -0.345 e. The Morgan fingerprint density at radius 3 is 2.72 bits per heavy atom. The lowest BCUT2D eigenvalue weighted by Gasteiger charge is -2.34. The summed E-state index contributed by atoms with van der Waals surface area (Å²) < 4.78 is 0. The Bertz CT molecular complexity index is 496. The Hall–Kier alpha value is -0.830. The van der Waals surface area contributed by atoms with Crippen molar-refractivity contribution in [3.8, 4) is 0 Å². The van der Waals surface area contributed by atoms with Gasteiger partial charge in [0.05, 0.1) is 5.69 Å². The average Bonchev–Trinajstić information content (AvgIpc) is 3.02. The molecule has 18 heavy (non-hydrogen) atoms. The van der Waals surface area contributed by atoms with Crippen molar-refractivity contribution in [2.45, 2.75) is 57.3 Å². The third-order valence-corrected chi connectivity index (χ3v) is 6.29. The smallest absolute Gasteiger partial charge is 0.111 e. The minimum atomic E-state index is 0.299. The molecule has 1 aliphatic heterocycles. The van der Waals surface area contributed by atoms with Crippen molar-refractivity contribution in [1.29, 1.82) is 0 Å². The zero-order valence-electron chi connectivity index (χ0n) is 11.6. The highest BCUT2D eigenvalue weighted by atomic mass is 15.0. The van der Waals surface area contributed by atoms with E-state index < -0.39 is 0 Å². The van der Waals surface area contributed by atoms with E-state index in [1.54, 1.807) is 0 Å². The molecule has 0 spiro atoms. The number of fused-ring (bicyclic) bond motifs is 5. The first kappa shape index (κ1) is 11.0. The van der Waals surface area contributed by atoms with Gasteiger partial charge in [-0.1, -0.05) is 20.8 Å². The van der Waals surface area contributed by atoms with Crippen molar-refractivity contribution >= 4 is 0 Å². The van der Waals surface area contributed by atoms with Gasteiger partial charge in [0, 0.05) is 29.5 Å². The fourth-order valence-electron chi connectivity index (χ4n) is 4.59. The number of aromatic amines is 1. The normalized spacial score (nSPS) is 40.4. The highest BCUT2D eigenvalue weighted by Gasteiger charge is 2.61. The largest absolute Gasteiger partial charge is 0.345 e. The zero-order chi connectivity index (χ0) is 12.5. The first-order valence-corrected chi connectivity index (χ1v) is 7.35. The third-order valence-electron chi connectivity index (χ3n) is 6.29. The minimum absolute atomic E-state index is 0.299. The number of aromatic nitrogens is 2. The molecule has 3 nitrogen and oxygen atoms in total. The second kappa shape index (κ2) is 3.19. The van der Waals surface area contributed by atoms with Gasteiger partial charge in [0.1, 0.15) is 5.82 Å². The van der Waals surface area contributed by atoms with Crippen molar-refractivity contribution in [2.24, 2.45) is 5.41 Å². The van der Waals surface area contributed by atoms with Crippen LogP contribution in [0, 0.1) is 5.41 Å². The molecule has 2 N–H and O–H groups in total. The van der Waals surface area contributed by atoms with Gasteiger partial charge >= 0.3 is 0 Å². The second-order valence-corrected chi connectivity index (χ2v) is 7.22. The Morgan fingerprint density at radius 1 is 1.22 bits per heavy atom. The number of hydrogen-bond acceptors (Lipinski definition) is 2. The number of nitrogens with one attached hydrogen (secondary N) is 2. The molecule has 2 bridgehead atoms. The fourth-order valence-corrected chi connectivity index (χ4v) is 4.59. The zero-order valence-corrected chi connectivity index (χ0v) is 11.6. The summed E-state index contributed by atoms with van der Waals surface area (Å²) in [5.41, 5.74) is 3.54. The van der Waals surface area contributed by atoms with Crippen LogP contribution in [-0.4, -0.2) is 23.1 Å². The van der Waals surface area contributed by atoms with Crippen LogP contribution in [0.25, 0.3) is 0 Å². The van der Waals surface area contributed by atoms with Crippen molar-refractivity contribution in [3.05, 3.63) is 17.2 Å². The van der Waals surface area contributed by atoms with Crippen molar-refractivity contribution < 1.29 is 0 Å². The van der Waals surface area contributed by atoms with E-state index in [2.05, 4.69) is 31.1 Å². The molecule has 3 aliphatic rings. The molecule has 2 heterocycles. The molecule has 3 heteroatoms. The van der Waals surface area contributed by atoms with E-state index in [1.165, 1.54) is 36.5 Å². The molecular formula is C15H23N3. The van der Waals surface area contributed by atoms with Gasteiger partial charge in [-0.3, -0.25) is 0 Å². The maximum Gasteiger partial charge on any atom is 0.111 e. The van der Waals surface area contributed by atoms with Crippen molar-refractivity contribution in [1.82, 2.24) is 15.3 Å². The molecule has 3 unspecified atom stereocenters. The Kier molecular flexibility index (Phi) is 1.95. The molecule has 4 rings (SSSR count). The van der Waals surface area contributed by atoms with Gasteiger partial charge < -0.3 is 10.3 Å². The molecule has 1 aromatic rings. The van der Waals surface area contributed by atoms with Gasteiger partial charge in [-0.15, -0.1) is 0 Å². The van der Waals surface area contributed by atoms with Gasteiger partial charge in [-0.2, -0.15) is 0 Å². The van der Waals surface area contributed by atoms with Crippen LogP contribution in [-0.2, 0) is 5.41 Å². The predicted molar refractivity (Wildman–Crippen MR) is 71.9 cm³/mol. The lowest BCUT2D eigenvalue weighted by atomic mass is 9.70. The van der Waals surface area contributed by atoms with E-state index in [9.17, 15) is 0 Å². The van der Waals surface area contributed by atoms with E-state index in [-0.39, 0.29) is 0 Å². The highest BCUT2D eigenvalue weighted by molar-refractivity contribution is 5.42. The standard InChI is InChI=1S/C15H23N3/c1-14(2)10-4-6-15(14,3)12-11(10)17-13(18-12)9-5-7-16-8-9/h9-10,16H,4-8H2,1-3H3,(H,17,18). The van der Waals surface area contributed by atoms with E-state index in [0.29, 0.717) is 22.7 Å². The number of nitrogens with zero attached hydrogens (tertiary/aromatic N) is 1. The summed E-state index contributed by atoms with van der Waals surface area (Å²) in [6, 6.07) is 0. The Morgan fingerprint density at radius 2 is 2.06 bits per heavy atom. The fraction of sp³-hybridized carbons (Fsp3) is 0.800. The quantitative estimate of drug-likeness (QED) is 0.798. The van der Waals surface area contributed by atoms with Gasteiger partial charge in [-0.25, -0.2) is 4.98 Å². The third kappa shape index (κ3) is 1.08. The number of hydrogen-bond donors (Lipinski definition) is 2. The van der Waals surface area contributed by atoms with Gasteiger partial charge in [-0.05, 0) is 31.2 Å².